The van der Waals surface area contributed by atoms with Gasteiger partial charge in [0.25, 0.3) is 0 Å². The van der Waals surface area contributed by atoms with Gasteiger partial charge >= 0.3 is 0 Å². The molecule has 1 aromatic heterocycles. The van der Waals surface area contributed by atoms with Crippen LogP contribution in [0.4, 0.5) is 5.13 Å². The largest absolute Gasteiger partial charge is 0.253 e. The zero-order chi connectivity index (χ0) is 16.8. The average molecular weight is 394 g/mol. The van der Waals surface area contributed by atoms with E-state index < -0.39 is 0 Å². The third-order valence-electron chi connectivity index (χ3n) is 3.04. The van der Waals surface area contributed by atoms with Crippen molar-refractivity contribution in [2.75, 3.05) is 11.2 Å². The Balaban J connectivity index is 1.54. The molecule has 7 heteroatoms. The van der Waals surface area contributed by atoms with E-state index >= 15 is 0 Å². The molecule has 0 aliphatic carbocycles. The molecule has 0 fully saturated rings. The van der Waals surface area contributed by atoms with E-state index in [-0.39, 0.29) is 0 Å². The van der Waals surface area contributed by atoms with E-state index in [2.05, 4.69) is 27.6 Å². The quantitative estimate of drug-likeness (QED) is 0.303. The first-order valence-corrected chi connectivity index (χ1v) is 9.71. The van der Waals surface area contributed by atoms with Gasteiger partial charge < -0.3 is 0 Å². The van der Waals surface area contributed by atoms with Gasteiger partial charge in [-0.05, 0) is 24.3 Å². The number of hydrogen-bond donors (Lipinski definition) is 1. The van der Waals surface area contributed by atoms with Gasteiger partial charge in [0.2, 0.25) is 5.13 Å². The van der Waals surface area contributed by atoms with E-state index in [1.165, 1.54) is 16.2 Å². The van der Waals surface area contributed by atoms with Crippen LogP contribution in [0.5, 0.6) is 0 Å². The molecule has 0 amide bonds. The molecule has 3 nitrogen and oxygen atoms in total. The van der Waals surface area contributed by atoms with E-state index in [4.69, 9.17) is 23.2 Å². The maximum absolute atomic E-state index is 6.04. The van der Waals surface area contributed by atoms with Gasteiger partial charge in [-0.2, -0.15) is 5.10 Å². The molecule has 3 rings (SSSR count). The van der Waals surface area contributed by atoms with Crippen molar-refractivity contribution in [2.24, 2.45) is 5.10 Å². The topological polar surface area (TPSA) is 37.3 Å². The van der Waals surface area contributed by atoms with E-state index in [1.54, 1.807) is 17.8 Å². The molecule has 0 bridgehead atoms. The van der Waals surface area contributed by atoms with Crippen LogP contribution < -0.4 is 5.43 Å². The lowest BCUT2D eigenvalue weighted by molar-refractivity contribution is 1.29. The molecule has 0 saturated heterocycles. The molecule has 3 aromatic rings. The van der Waals surface area contributed by atoms with Crippen molar-refractivity contribution in [2.45, 2.75) is 4.90 Å². The zero-order valence-corrected chi connectivity index (χ0v) is 15.6. The number of aromatic nitrogens is 1. The molecule has 0 aliphatic heterocycles. The van der Waals surface area contributed by atoms with Crippen LogP contribution in [0, 0.1) is 0 Å². The third-order valence-corrected chi connectivity index (χ3v) is 5.45. The Bertz CT molecular complexity index is 835. The molecule has 0 spiro atoms. The highest BCUT2D eigenvalue weighted by Crippen LogP contribution is 2.30. The fraction of sp³-hybridized carbons (Fsp3) is 0.0588. The molecular formula is C17H13Cl2N3S2. The van der Waals surface area contributed by atoms with Crippen LogP contribution >= 0.6 is 46.3 Å². The summed E-state index contributed by atoms with van der Waals surface area (Å²) in [5.74, 6) is 0.794. The van der Waals surface area contributed by atoms with Gasteiger partial charge in [0.15, 0.2) is 0 Å². The minimum Gasteiger partial charge on any atom is -0.253 e. The number of halogens is 2. The Morgan fingerprint density at radius 3 is 2.75 bits per heavy atom. The number of benzene rings is 2. The van der Waals surface area contributed by atoms with Crippen molar-refractivity contribution in [1.29, 1.82) is 0 Å². The summed E-state index contributed by atoms with van der Waals surface area (Å²) in [6.07, 6.45) is 1.83. The van der Waals surface area contributed by atoms with Gasteiger partial charge in [-0.15, -0.1) is 23.1 Å². The van der Waals surface area contributed by atoms with Crippen molar-refractivity contribution < 1.29 is 0 Å². The molecule has 1 heterocycles. The summed E-state index contributed by atoms with van der Waals surface area (Å²) < 4.78 is 0. The smallest absolute Gasteiger partial charge is 0.203 e. The number of thioether (sulfide) groups is 1. The second-order valence-corrected chi connectivity index (χ2v) is 7.48. The molecule has 0 radical (unpaired) electrons. The van der Waals surface area contributed by atoms with Gasteiger partial charge in [0.1, 0.15) is 0 Å². The minimum atomic E-state index is 0.521. The maximum Gasteiger partial charge on any atom is 0.203 e. The van der Waals surface area contributed by atoms with Crippen molar-refractivity contribution in [1.82, 2.24) is 4.98 Å². The summed E-state index contributed by atoms with van der Waals surface area (Å²) >= 11 is 15.2. The number of anilines is 1. The van der Waals surface area contributed by atoms with Crippen molar-refractivity contribution in [3.05, 3.63) is 64.0 Å². The third kappa shape index (κ3) is 4.74. The molecule has 0 atom stereocenters. The standard InChI is InChI=1S/C17H13Cl2N3S2/c18-14-7-6-12(10-15(14)19)16-11-24-17(21-16)22-20-8-9-23-13-4-2-1-3-5-13/h1-8,10-11H,9H2,(H,21,22)/b20-8+. The average Bonchev–Trinajstić information content (AvgIpc) is 3.07. The first kappa shape index (κ1) is 17.3. The summed E-state index contributed by atoms with van der Waals surface area (Å²) in [6.45, 7) is 0. The van der Waals surface area contributed by atoms with Crippen LogP contribution in [0.1, 0.15) is 0 Å². The number of thiazole rings is 1. The summed E-state index contributed by atoms with van der Waals surface area (Å²) in [7, 11) is 0. The summed E-state index contributed by atoms with van der Waals surface area (Å²) in [6, 6.07) is 15.7. The lowest BCUT2D eigenvalue weighted by Crippen LogP contribution is -1.90. The number of hydrazone groups is 1. The highest BCUT2D eigenvalue weighted by molar-refractivity contribution is 7.99. The molecule has 0 saturated carbocycles. The van der Waals surface area contributed by atoms with Gasteiger partial charge in [-0.3, -0.25) is 5.43 Å². The molecule has 0 aliphatic rings. The molecule has 24 heavy (non-hydrogen) atoms. The fourth-order valence-electron chi connectivity index (χ4n) is 1.90. The summed E-state index contributed by atoms with van der Waals surface area (Å²) in [5.41, 5.74) is 4.72. The van der Waals surface area contributed by atoms with Gasteiger partial charge in [0.05, 0.1) is 15.7 Å². The summed E-state index contributed by atoms with van der Waals surface area (Å²) in [4.78, 5) is 5.71. The van der Waals surface area contributed by atoms with Crippen LogP contribution in [0.15, 0.2) is 63.9 Å². The number of nitrogens with zero attached hydrogens (tertiary/aromatic N) is 2. The highest BCUT2D eigenvalue weighted by atomic mass is 35.5. The Labute approximate surface area is 158 Å². The second-order valence-electron chi connectivity index (χ2n) is 4.71. The van der Waals surface area contributed by atoms with E-state index in [0.717, 1.165) is 22.1 Å². The van der Waals surface area contributed by atoms with Crippen molar-refractivity contribution >= 4 is 57.6 Å². The lowest BCUT2D eigenvalue weighted by Gasteiger charge is -1.99. The van der Waals surface area contributed by atoms with Crippen LogP contribution in [-0.2, 0) is 0 Å². The molecule has 122 valence electrons. The number of rotatable bonds is 6. The van der Waals surface area contributed by atoms with Crippen LogP contribution in [0.2, 0.25) is 10.0 Å². The van der Waals surface area contributed by atoms with E-state index in [0.29, 0.717) is 10.0 Å². The van der Waals surface area contributed by atoms with Gasteiger partial charge in [0, 0.05) is 27.8 Å². The van der Waals surface area contributed by atoms with Crippen molar-refractivity contribution in [3.8, 4) is 11.3 Å². The molecule has 1 N–H and O–H groups in total. The van der Waals surface area contributed by atoms with E-state index in [1.807, 2.05) is 41.9 Å². The monoisotopic (exact) mass is 393 g/mol. The maximum atomic E-state index is 6.04. The lowest BCUT2D eigenvalue weighted by atomic mass is 10.2. The second kappa shape index (κ2) is 8.53. The SMILES string of the molecule is Clc1ccc(-c2csc(N/N=C/CSc3ccccc3)n2)cc1Cl. The Hall–Kier alpha value is -1.53. The number of hydrogen-bond acceptors (Lipinski definition) is 5. The zero-order valence-electron chi connectivity index (χ0n) is 12.4. The molecular weight excluding hydrogens is 381 g/mol. The van der Waals surface area contributed by atoms with Crippen LogP contribution in [0.3, 0.4) is 0 Å². The molecule has 2 aromatic carbocycles. The molecule has 0 unspecified atom stereocenters. The predicted octanol–water partition coefficient (Wildman–Crippen LogP) is 6.31. The van der Waals surface area contributed by atoms with Crippen LogP contribution in [-0.4, -0.2) is 17.0 Å². The Morgan fingerprint density at radius 1 is 1.12 bits per heavy atom. The fourth-order valence-corrected chi connectivity index (χ4v) is 3.56. The number of nitrogens with one attached hydrogen (secondary N) is 1. The first-order chi connectivity index (χ1) is 11.7. The van der Waals surface area contributed by atoms with Gasteiger partial charge in [-0.1, -0.05) is 47.5 Å². The van der Waals surface area contributed by atoms with Gasteiger partial charge in [-0.25, -0.2) is 4.98 Å². The normalized spacial score (nSPS) is 11.1. The Morgan fingerprint density at radius 2 is 1.96 bits per heavy atom. The first-order valence-electron chi connectivity index (χ1n) is 7.09. The summed E-state index contributed by atoms with van der Waals surface area (Å²) in [5, 5.41) is 7.95. The van der Waals surface area contributed by atoms with E-state index in [9.17, 15) is 0 Å². The van der Waals surface area contributed by atoms with Crippen molar-refractivity contribution in [3.63, 3.8) is 0 Å². The minimum absolute atomic E-state index is 0.521. The Kier molecular flexibility index (Phi) is 6.15. The van der Waals surface area contributed by atoms with Crippen LogP contribution in [0.25, 0.3) is 11.3 Å². The highest BCUT2D eigenvalue weighted by Gasteiger charge is 2.06. The predicted molar refractivity (Wildman–Crippen MR) is 107 cm³/mol.